The third-order valence-corrected chi connectivity index (χ3v) is 3.46. The van der Waals surface area contributed by atoms with Crippen molar-refractivity contribution in [2.75, 3.05) is 13.9 Å². The van der Waals surface area contributed by atoms with Crippen LogP contribution in [0.15, 0.2) is 36.5 Å². The van der Waals surface area contributed by atoms with E-state index in [9.17, 15) is 4.79 Å². The Hall–Kier alpha value is -2.76. The Morgan fingerprint density at radius 1 is 1.32 bits per heavy atom. The van der Waals surface area contributed by atoms with Gasteiger partial charge in [0.15, 0.2) is 11.5 Å². The van der Waals surface area contributed by atoms with Gasteiger partial charge in [-0.05, 0) is 30.7 Å². The lowest BCUT2D eigenvalue weighted by Crippen LogP contribution is -2.48. The third kappa shape index (κ3) is 2.67. The average Bonchev–Trinajstić information content (AvgIpc) is 2.99. The first-order valence-corrected chi connectivity index (χ1v) is 6.91. The molecule has 1 amide bonds. The molecular weight excluding hydrogens is 284 g/mol. The molecule has 1 N–H and O–H groups in total. The highest BCUT2D eigenvalue weighted by Gasteiger charge is 2.23. The smallest absolute Gasteiger partial charge is 0.324 e. The summed E-state index contributed by atoms with van der Waals surface area (Å²) in [5, 5.41) is 2.89. The maximum Gasteiger partial charge on any atom is 0.324 e. The second-order valence-electron chi connectivity index (χ2n) is 4.92. The van der Waals surface area contributed by atoms with E-state index < -0.39 is 0 Å². The van der Waals surface area contributed by atoms with Crippen molar-refractivity contribution < 1.29 is 23.8 Å². The summed E-state index contributed by atoms with van der Waals surface area (Å²) >= 11 is 0. The summed E-state index contributed by atoms with van der Waals surface area (Å²) in [7, 11) is 1.52. The van der Waals surface area contributed by atoms with Crippen LogP contribution in [-0.2, 0) is 6.54 Å². The van der Waals surface area contributed by atoms with Crippen LogP contribution in [0.25, 0.3) is 0 Å². The number of nitrogens with one attached hydrogen (secondary N) is 1. The van der Waals surface area contributed by atoms with Crippen LogP contribution in [0.5, 0.6) is 11.5 Å². The Kier molecular flexibility index (Phi) is 3.82. The fourth-order valence-corrected chi connectivity index (χ4v) is 2.34. The molecule has 1 aromatic carbocycles. The predicted octanol–water partition coefficient (Wildman–Crippen LogP) is 1.000. The lowest BCUT2D eigenvalue weighted by molar-refractivity contribution is -0.886. The number of pyridine rings is 1. The third-order valence-electron chi connectivity index (χ3n) is 3.46. The van der Waals surface area contributed by atoms with E-state index in [2.05, 4.69) is 5.32 Å². The number of ether oxygens (including phenoxy) is 2. The molecule has 0 aliphatic carbocycles. The molecule has 1 aromatic heterocycles. The Morgan fingerprint density at radius 2 is 2.14 bits per heavy atom. The molecule has 2 aromatic rings. The van der Waals surface area contributed by atoms with E-state index in [4.69, 9.17) is 14.3 Å². The molecular formula is C16H17N2O4+. The first-order valence-electron chi connectivity index (χ1n) is 6.91. The number of amides is 1. The minimum atomic E-state index is -0.197. The summed E-state index contributed by atoms with van der Waals surface area (Å²) in [5.41, 5.74) is 2.26. The van der Waals surface area contributed by atoms with Gasteiger partial charge in [-0.15, -0.1) is 0 Å². The number of rotatable bonds is 4. The van der Waals surface area contributed by atoms with Crippen LogP contribution >= 0.6 is 0 Å². The monoisotopic (exact) mass is 301 g/mol. The quantitative estimate of drug-likeness (QED) is 0.856. The van der Waals surface area contributed by atoms with Crippen LogP contribution < -0.4 is 24.4 Å². The molecule has 0 bridgehead atoms. The first-order chi connectivity index (χ1) is 10.7. The van der Waals surface area contributed by atoms with Crippen molar-refractivity contribution in [1.82, 2.24) is 5.32 Å². The van der Waals surface area contributed by atoms with Crippen LogP contribution in [0.4, 0.5) is 0 Å². The van der Waals surface area contributed by atoms with Gasteiger partial charge in [0.05, 0.1) is 0 Å². The van der Waals surface area contributed by atoms with E-state index >= 15 is 0 Å². The second kappa shape index (κ2) is 5.93. The van der Waals surface area contributed by atoms with Gasteiger partial charge in [0.2, 0.25) is 13.0 Å². The lowest BCUT2D eigenvalue weighted by Gasteiger charge is -2.06. The molecule has 6 nitrogen and oxygen atoms in total. The number of aryl methyl sites for hydroxylation is 1. The fourth-order valence-electron chi connectivity index (χ4n) is 2.34. The van der Waals surface area contributed by atoms with Crippen molar-refractivity contribution in [3.05, 3.63) is 53.3 Å². The summed E-state index contributed by atoms with van der Waals surface area (Å²) in [4.78, 5) is 17.6. The number of benzene rings is 1. The number of hydrogen-bond acceptors (Lipinski definition) is 4. The molecule has 2 heterocycles. The van der Waals surface area contributed by atoms with Crippen molar-refractivity contribution in [1.29, 1.82) is 0 Å². The van der Waals surface area contributed by atoms with Crippen molar-refractivity contribution in [3.8, 4) is 11.5 Å². The Labute approximate surface area is 128 Å². The molecule has 22 heavy (non-hydrogen) atoms. The molecule has 0 radical (unpaired) electrons. The summed E-state index contributed by atoms with van der Waals surface area (Å²) < 4.78 is 12.0. The van der Waals surface area contributed by atoms with Gasteiger partial charge < -0.3 is 14.8 Å². The molecule has 0 saturated heterocycles. The van der Waals surface area contributed by atoms with Gasteiger partial charge in [-0.1, -0.05) is 6.07 Å². The molecule has 0 atom stereocenters. The van der Waals surface area contributed by atoms with Crippen molar-refractivity contribution in [2.24, 2.45) is 0 Å². The summed E-state index contributed by atoms with van der Waals surface area (Å²) in [5.74, 6) is 1.23. The average molecular weight is 301 g/mol. The number of nitrogens with zero attached hydrogens (tertiary/aromatic N) is 1. The van der Waals surface area contributed by atoms with E-state index in [1.807, 2.05) is 37.3 Å². The van der Waals surface area contributed by atoms with E-state index in [0.717, 1.165) is 16.9 Å². The highest BCUT2D eigenvalue weighted by molar-refractivity contribution is 5.92. The predicted molar refractivity (Wildman–Crippen MR) is 77.6 cm³/mol. The summed E-state index contributed by atoms with van der Waals surface area (Å²) in [6.07, 6.45) is 1.70. The van der Waals surface area contributed by atoms with Crippen LogP contribution in [0.3, 0.4) is 0 Å². The van der Waals surface area contributed by atoms with Gasteiger partial charge >= 0.3 is 11.6 Å². The van der Waals surface area contributed by atoms with Crippen molar-refractivity contribution in [3.63, 3.8) is 0 Å². The number of carbonyl (C=O) groups is 1. The largest absolute Gasteiger partial charge is 0.454 e. The van der Waals surface area contributed by atoms with Gasteiger partial charge in [0, 0.05) is 22.9 Å². The molecule has 114 valence electrons. The molecule has 6 heteroatoms. The topological polar surface area (TPSA) is 60.7 Å². The number of carbonyl (C=O) groups excluding carboxylic acids is 1. The van der Waals surface area contributed by atoms with Crippen LogP contribution in [0.1, 0.15) is 21.6 Å². The molecule has 3 rings (SSSR count). The number of hydrogen-bond donors (Lipinski definition) is 1. The van der Waals surface area contributed by atoms with E-state index in [1.54, 1.807) is 6.20 Å². The van der Waals surface area contributed by atoms with Crippen molar-refractivity contribution in [2.45, 2.75) is 13.5 Å². The molecule has 0 spiro atoms. The number of aromatic nitrogens is 1. The second-order valence-corrected chi connectivity index (χ2v) is 4.92. The summed E-state index contributed by atoms with van der Waals surface area (Å²) in [6.45, 7) is 2.50. The van der Waals surface area contributed by atoms with Gasteiger partial charge in [-0.25, -0.2) is 0 Å². The highest BCUT2D eigenvalue weighted by Crippen LogP contribution is 2.32. The molecule has 1 aliphatic heterocycles. The Bertz CT molecular complexity index is 715. The number of fused-ring (bicyclic) bond motifs is 1. The Balaban J connectivity index is 1.73. The maximum absolute atomic E-state index is 12.4. The van der Waals surface area contributed by atoms with Crippen molar-refractivity contribution >= 4 is 5.91 Å². The van der Waals surface area contributed by atoms with Crippen LogP contribution in [-0.4, -0.2) is 19.8 Å². The van der Waals surface area contributed by atoms with E-state index in [-0.39, 0.29) is 12.7 Å². The van der Waals surface area contributed by atoms with Crippen LogP contribution in [0, 0.1) is 6.92 Å². The SMILES string of the molecule is CO[n+]1cccc(C)c1C(=O)NCc1ccc2c(c1)OCO2. The standard InChI is InChI=1S/C16H16N2O4/c1-11-4-3-7-18(20-2)15(11)16(19)17-9-12-5-6-13-14(8-12)22-10-21-13/h3-8H,9-10H2,1-2H3/p+1. The highest BCUT2D eigenvalue weighted by atomic mass is 16.7. The van der Waals surface area contributed by atoms with Gasteiger partial charge in [0.25, 0.3) is 0 Å². The lowest BCUT2D eigenvalue weighted by atomic mass is 10.2. The van der Waals surface area contributed by atoms with Crippen LogP contribution in [0.2, 0.25) is 0 Å². The zero-order chi connectivity index (χ0) is 15.5. The van der Waals surface area contributed by atoms with E-state index in [1.165, 1.54) is 11.8 Å². The minimum Gasteiger partial charge on any atom is -0.454 e. The van der Waals surface area contributed by atoms with E-state index in [0.29, 0.717) is 18.0 Å². The van der Waals surface area contributed by atoms with Gasteiger partial charge in [-0.2, -0.15) is 0 Å². The molecule has 0 unspecified atom stereocenters. The zero-order valence-corrected chi connectivity index (χ0v) is 12.5. The van der Waals surface area contributed by atoms with Gasteiger partial charge in [0.1, 0.15) is 7.11 Å². The maximum atomic E-state index is 12.4. The normalized spacial score (nSPS) is 12.1. The first kappa shape index (κ1) is 14.2. The fraction of sp³-hybridized carbons (Fsp3) is 0.250. The Morgan fingerprint density at radius 3 is 2.95 bits per heavy atom. The molecule has 0 saturated carbocycles. The minimum absolute atomic E-state index is 0.197. The molecule has 0 fully saturated rings. The molecule has 1 aliphatic rings. The summed E-state index contributed by atoms with van der Waals surface area (Å²) in [6, 6.07) is 9.30. The van der Waals surface area contributed by atoms with Gasteiger partial charge in [-0.3, -0.25) is 9.63 Å². The zero-order valence-electron chi connectivity index (χ0n) is 12.5.